The second kappa shape index (κ2) is 12.6. The average Bonchev–Trinajstić information content (AvgIpc) is 3.16. The molecule has 2 aliphatic rings. The van der Waals surface area contributed by atoms with Gasteiger partial charge in [-0.05, 0) is 38.3 Å². The molecule has 0 bridgehead atoms. The smallest absolute Gasteiger partial charge is 0.222 e. The maximum Gasteiger partial charge on any atom is 0.222 e. The van der Waals surface area contributed by atoms with Gasteiger partial charge in [0.1, 0.15) is 0 Å². The number of morpholine rings is 1. The van der Waals surface area contributed by atoms with Gasteiger partial charge in [0.2, 0.25) is 5.91 Å². The third kappa shape index (κ3) is 7.91. The molecule has 2 saturated heterocycles. The fourth-order valence-corrected chi connectivity index (χ4v) is 3.93. The van der Waals surface area contributed by atoms with E-state index in [9.17, 15) is 4.79 Å². The minimum atomic E-state index is 0. The molecule has 2 N–H and O–H groups in total. The lowest BCUT2D eigenvalue weighted by atomic mass is 10.0. The first-order valence-corrected chi connectivity index (χ1v) is 11.2. The molecule has 7 nitrogen and oxygen atoms in total. The van der Waals surface area contributed by atoms with Crippen LogP contribution in [0.25, 0.3) is 0 Å². The highest BCUT2D eigenvalue weighted by molar-refractivity contribution is 14.0. The summed E-state index contributed by atoms with van der Waals surface area (Å²) in [5.41, 5.74) is 2.38. The number of guanidine groups is 1. The lowest BCUT2D eigenvalue weighted by Crippen LogP contribution is -2.56. The maximum atomic E-state index is 11.8. The first-order chi connectivity index (χ1) is 14.5. The Kier molecular flexibility index (Phi) is 10.5. The Hall–Kier alpha value is -1.39. The summed E-state index contributed by atoms with van der Waals surface area (Å²) < 4.78 is 5.48. The molecule has 1 aromatic rings. The third-order valence-corrected chi connectivity index (χ3v) is 5.89. The highest BCUT2D eigenvalue weighted by Crippen LogP contribution is 2.16. The summed E-state index contributed by atoms with van der Waals surface area (Å²) in [5, 5.41) is 6.85. The molecule has 1 aromatic carbocycles. The Morgan fingerprint density at radius 1 is 1.10 bits per heavy atom. The number of ether oxygens (including phenoxy) is 1. The van der Waals surface area contributed by atoms with E-state index in [1.54, 1.807) is 0 Å². The van der Waals surface area contributed by atoms with Crippen LogP contribution in [0.1, 0.15) is 44.7 Å². The molecule has 2 aliphatic heterocycles. The van der Waals surface area contributed by atoms with Crippen LogP contribution in [0, 0.1) is 0 Å². The van der Waals surface area contributed by atoms with Crippen molar-refractivity contribution in [2.24, 2.45) is 4.99 Å². The zero-order chi connectivity index (χ0) is 21.4. The van der Waals surface area contributed by atoms with E-state index in [1.165, 1.54) is 5.56 Å². The Morgan fingerprint density at radius 2 is 1.77 bits per heavy atom. The van der Waals surface area contributed by atoms with Gasteiger partial charge in [0.25, 0.3) is 0 Å². The van der Waals surface area contributed by atoms with Crippen molar-refractivity contribution in [2.45, 2.75) is 52.2 Å². The van der Waals surface area contributed by atoms with Gasteiger partial charge in [-0.15, -0.1) is 24.0 Å². The summed E-state index contributed by atoms with van der Waals surface area (Å²) in [6.07, 6.45) is 1.67. The molecular weight excluding hydrogens is 505 g/mol. The van der Waals surface area contributed by atoms with Crippen molar-refractivity contribution in [1.29, 1.82) is 0 Å². The second-order valence-electron chi connectivity index (χ2n) is 8.70. The normalized spacial score (nSPS) is 18.1. The number of aliphatic imine (C=N–C) groups is 1. The average molecular weight is 543 g/mol. The first kappa shape index (κ1) is 25.9. The molecule has 174 valence electrons. The van der Waals surface area contributed by atoms with Crippen LogP contribution in [0.2, 0.25) is 0 Å². The Balaban J connectivity index is 0.00000341. The van der Waals surface area contributed by atoms with Crippen LogP contribution < -0.4 is 10.6 Å². The number of carbonyl (C=O) groups is 1. The van der Waals surface area contributed by atoms with E-state index in [0.29, 0.717) is 19.5 Å². The summed E-state index contributed by atoms with van der Waals surface area (Å²) in [5.74, 6) is 1.11. The number of carbonyl (C=O) groups excluding carboxylic acids is 1. The molecule has 0 unspecified atom stereocenters. The van der Waals surface area contributed by atoms with Gasteiger partial charge in [-0.25, -0.2) is 4.99 Å². The van der Waals surface area contributed by atoms with E-state index in [1.807, 2.05) is 4.90 Å². The van der Waals surface area contributed by atoms with Crippen molar-refractivity contribution < 1.29 is 9.53 Å². The lowest BCUT2D eigenvalue weighted by molar-refractivity contribution is -0.128. The van der Waals surface area contributed by atoms with Crippen LogP contribution in [0.4, 0.5) is 0 Å². The van der Waals surface area contributed by atoms with Gasteiger partial charge in [0.05, 0.1) is 19.8 Å². The van der Waals surface area contributed by atoms with Crippen LogP contribution >= 0.6 is 24.0 Å². The Morgan fingerprint density at radius 3 is 2.39 bits per heavy atom. The molecule has 0 aliphatic carbocycles. The summed E-state index contributed by atoms with van der Waals surface area (Å²) in [4.78, 5) is 21.0. The summed E-state index contributed by atoms with van der Waals surface area (Å²) in [6.45, 7) is 14.0. The van der Waals surface area contributed by atoms with E-state index in [4.69, 9.17) is 9.73 Å². The predicted molar refractivity (Wildman–Crippen MR) is 136 cm³/mol. The van der Waals surface area contributed by atoms with Gasteiger partial charge in [0.15, 0.2) is 5.96 Å². The summed E-state index contributed by atoms with van der Waals surface area (Å²) in [6, 6.07) is 8.44. The molecule has 8 heteroatoms. The highest BCUT2D eigenvalue weighted by atomic mass is 127. The third-order valence-electron chi connectivity index (χ3n) is 5.89. The Labute approximate surface area is 204 Å². The van der Waals surface area contributed by atoms with Gasteiger partial charge in [-0.1, -0.05) is 24.3 Å². The van der Waals surface area contributed by atoms with E-state index in [0.717, 1.165) is 63.9 Å². The molecule has 1 amide bonds. The van der Waals surface area contributed by atoms with E-state index < -0.39 is 0 Å². The lowest BCUT2D eigenvalue weighted by Gasteiger charge is -2.41. The van der Waals surface area contributed by atoms with Crippen LogP contribution in [-0.4, -0.2) is 73.1 Å². The van der Waals surface area contributed by atoms with Crippen molar-refractivity contribution >= 4 is 35.8 Å². The predicted octanol–water partition coefficient (Wildman–Crippen LogP) is 2.59. The minimum Gasteiger partial charge on any atom is -0.379 e. The molecule has 0 saturated carbocycles. The number of halogens is 1. The number of nitrogens with one attached hydrogen (secondary N) is 2. The minimum absolute atomic E-state index is 0. The molecule has 0 radical (unpaired) electrons. The van der Waals surface area contributed by atoms with Gasteiger partial charge in [-0.3, -0.25) is 9.69 Å². The maximum absolute atomic E-state index is 11.8. The number of rotatable bonds is 8. The Bertz CT molecular complexity index is 717. The molecule has 31 heavy (non-hydrogen) atoms. The monoisotopic (exact) mass is 543 g/mol. The molecule has 2 fully saturated rings. The number of amides is 1. The summed E-state index contributed by atoms with van der Waals surface area (Å²) in [7, 11) is 0. The fourth-order valence-electron chi connectivity index (χ4n) is 3.93. The molecule has 0 aromatic heterocycles. The number of hydrogen-bond acceptors (Lipinski definition) is 4. The second-order valence-corrected chi connectivity index (χ2v) is 8.70. The van der Waals surface area contributed by atoms with Gasteiger partial charge in [-0.2, -0.15) is 0 Å². The topological polar surface area (TPSA) is 69.2 Å². The quantitative estimate of drug-likeness (QED) is 0.300. The summed E-state index contributed by atoms with van der Waals surface area (Å²) >= 11 is 0. The van der Waals surface area contributed by atoms with E-state index in [2.05, 4.69) is 60.6 Å². The van der Waals surface area contributed by atoms with Crippen molar-refractivity contribution in [3.05, 3.63) is 35.4 Å². The standard InChI is InChI=1S/C23H37N5O2.HI/c1-4-24-22(26-18-23(2,3)28-12-14-30-15-13-28)25-16-19-7-9-20(10-8-19)17-27-11-5-6-21(27)29;/h7-10H,4-6,11-18H2,1-3H3,(H2,24,25,26);1H. The number of nitrogens with zero attached hydrogens (tertiary/aromatic N) is 3. The number of hydrogen-bond donors (Lipinski definition) is 2. The fraction of sp³-hybridized carbons (Fsp3) is 0.652. The van der Waals surface area contributed by atoms with E-state index in [-0.39, 0.29) is 35.4 Å². The van der Waals surface area contributed by atoms with Crippen molar-refractivity contribution in [3.8, 4) is 0 Å². The number of benzene rings is 1. The molecule has 0 spiro atoms. The molecule has 2 heterocycles. The first-order valence-electron chi connectivity index (χ1n) is 11.2. The zero-order valence-electron chi connectivity index (χ0n) is 19.2. The van der Waals surface area contributed by atoms with Crippen molar-refractivity contribution in [3.63, 3.8) is 0 Å². The SMILES string of the molecule is CCNC(=NCc1ccc(CN2CCCC2=O)cc1)NCC(C)(C)N1CCOCC1.I. The number of likely N-dealkylation sites (tertiary alicyclic amines) is 1. The van der Waals surface area contributed by atoms with Gasteiger partial charge < -0.3 is 20.3 Å². The molecule has 0 atom stereocenters. The van der Waals surface area contributed by atoms with Crippen LogP contribution in [0.15, 0.2) is 29.3 Å². The van der Waals surface area contributed by atoms with Gasteiger partial charge in [0, 0.05) is 51.2 Å². The van der Waals surface area contributed by atoms with Crippen LogP contribution in [0.5, 0.6) is 0 Å². The largest absolute Gasteiger partial charge is 0.379 e. The van der Waals surface area contributed by atoms with Crippen LogP contribution in [0.3, 0.4) is 0 Å². The zero-order valence-corrected chi connectivity index (χ0v) is 21.5. The van der Waals surface area contributed by atoms with Gasteiger partial charge >= 0.3 is 0 Å². The van der Waals surface area contributed by atoms with Crippen LogP contribution in [-0.2, 0) is 22.6 Å². The van der Waals surface area contributed by atoms with Crippen molar-refractivity contribution in [1.82, 2.24) is 20.4 Å². The molecule has 3 rings (SSSR count). The van der Waals surface area contributed by atoms with E-state index >= 15 is 0 Å². The molecular formula is C23H38IN5O2. The van der Waals surface area contributed by atoms with Crippen molar-refractivity contribution in [2.75, 3.05) is 45.9 Å². The highest BCUT2D eigenvalue weighted by Gasteiger charge is 2.28.